The molecule has 1 saturated heterocycles. The molecular formula is C17H24N2O. The topological polar surface area (TPSA) is 38.5 Å². The summed E-state index contributed by atoms with van der Waals surface area (Å²) in [5.41, 5.74) is 7.65. The van der Waals surface area contributed by atoms with Crippen LogP contribution in [-0.2, 0) is 6.54 Å². The van der Waals surface area contributed by atoms with Gasteiger partial charge in [-0.3, -0.25) is 4.90 Å². The van der Waals surface area contributed by atoms with Crippen LogP contribution in [0.5, 0.6) is 5.75 Å². The molecule has 1 heterocycles. The van der Waals surface area contributed by atoms with Gasteiger partial charge in [0.1, 0.15) is 5.75 Å². The first-order valence-electron chi connectivity index (χ1n) is 7.34. The molecule has 1 aliphatic heterocycles. The maximum Gasteiger partial charge on any atom is 0.123 e. The fraction of sp³-hybridized carbons (Fsp3) is 0.529. The molecule has 0 saturated carbocycles. The predicted molar refractivity (Wildman–Crippen MR) is 82.6 cm³/mol. The van der Waals surface area contributed by atoms with Crippen LogP contribution in [0, 0.1) is 11.8 Å². The van der Waals surface area contributed by atoms with E-state index in [2.05, 4.69) is 29.7 Å². The van der Waals surface area contributed by atoms with E-state index in [1.165, 1.54) is 31.4 Å². The molecule has 1 aromatic rings. The fourth-order valence-electron chi connectivity index (χ4n) is 2.74. The second kappa shape index (κ2) is 7.33. The fourth-order valence-corrected chi connectivity index (χ4v) is 2.74. The number of piperidine rings is 1. The maximum absolute atomic E-state index is 5.48. The smallest absolute Gasteiger partial charge is 0.123 e. The summed E-state index contributed by atoms with van der Waals surface area (Å²) in [6, 6.07) is 6.77. The quantitative estimate of drug-likeness (QED) is 0.859. The summed E-state index contributed by atoms with van der Waals surface area (Å²) in [5.74, 6) is 6.95. The van der Waals surface area contributed by atoms with E-state index in [0.29, 0.717) is 12.6 Å². The Labute approximate surface area is 122 Å². The standard InChI is InChI=1S/C17H24N2O/c1-14-6-3-4-11-19(14)13-16-12-15(7-5-10-18)8-9-17(16)20-2/h8-9,12,14H,3-4,6,10-11,13,18H2,1-2H3. The second-order valence-electron chi connectivity index (χ2n) is 5.35. The first kappa shape index (κ1) is 14.9. The molecule has 1 aliphatic rings. The molecule has 1 atom stereocenters. The Bertz CT molecular complexity index is 501. The lowest BCUT2D eigenvalue weighted by Crippen LogP contribution is -2.36. The van der Waals surface area contributed by atoms with Crippen molar-refractivity contribution in [1.82, 2.24) is 4.90 Å². The summed E-state index contributed by atoms with van der Waals surface area (Å²) in [7, 11) is 1.73. The summed E-state index contributed by atoms with van der Waals surface area (Å²) in [4.78, 5) is 2.53. The highest BCUT2D eigenvalue weighted by Gasteiger charge is 2.19. The highest BCUT2D eigenvalue weighted by Crippen LogP contribution is 2.25. The van der Waals surface area contributed by atoms with Gasteiger partial charge in [0.05, 0.1) is 13.7 Å². The van der Waals surface area contributed by atoms with Gasteiger partial charge in [-0.05, 0) is 44.5 Å². The van der Waals surface area contributed by atoms with Crippen molar-refractivity contribution in [2.75, 3.05) is 20.2 Å². The number of hydrogen-bond acceptors (Lipinski definition) is 3. The van der Waals surface area contributed by atoms with E-state index in [9.17, 15) is 0 Å². The number of ether oxygens (including phenoxy) is 1. The van der Waals surface area contributed by atoms with Crippen LogP contribution in [0.1, 0.15) is 37.3 Å². The van der Waals surface area contributed by atoms with Gasteiger partial charge in [-0.15, -0.1) is 0 Å². The molecule has 0 amide bonds. The van der Waals surface area contributed by atoms with E-state index in [1.54, 1.807) is 7.11 Å². The average Bonchev–Trinajstić information content (AvgIpc) is 2.48. The van der Waals surface area contributed by atoms with E-state index in [-0.39, 0.29) is 0 Å². The van der Waals surface area contributed by atoms with Crippen molar-refractivity contribution in [2.24, 2.45) is 5.73 Å². The van der Waals surface area contributed by atoms with Crippen LogP contribution in [0.3, 0.4) is 0 Å². The molecule has 108 valence electrons. The van der Waals surface area contributed by atoms with Crippen LogP contribution < -0.4 is 10.5 Å². The lowest BCUT2D eigenvalue weighted by molar-refractivity contribution is 0.151. The Balaban J connectivity index is 2.19. The molecule has 3 heteroatoms. The number of hydrogen-bond donors (Lipinski definition) is 1. The van der Waals surface area contributed by atoms with Gasteiger partial charge in [-0.2, -0.15) is 0 Å². The van der Waals surface area contributed by atoms with Crippen molar-refractivity contribution < 1.29 is 4.74 Å². The summed E-state index contributed by atoms with van der Waals surface area (Å²) in [6.07, 6.45) is 3.92. The molecular weight excluding hydrogens is 248 g/mol. The van der Waals surface area contributed by atoms with Crippen LogP contribution in [0.4, 0.5) is 0 Å². The van der Waals surface area contributed by atoms with Gasteiger partial charge in [0.2, 0.25) is 0 Å². The Hall–Kier alpha value is -1.50. The predicted octanol–water partition coefficient (Wildman–Crippen LogP) is 2.38. The number of rotatable bonds is 3. The van der Waals surface area contributed by atoms with Crippen LogP contribution in [-0.4, -0.2) is 31.1 Å². The molecule has 2 N–H and O–H groups in total. The second-order valence-corrected chi connectivity index (χ2v) is 5.35. The van der Waals surface area contributed by atoms with E-state index in [4.69, 9.17) is 10.5 Å². The van der Waals surface area contributed by atoms with Gasteiger partial charge in [0, 0.05) is 23.7 Å². The third kappa shape index (κ3) is 3.75. The number of nitrogens with zero attached hydrogens (tertiary/aromatic N) is 1. The van der Waals surface area contributed by atoms with Gasteiger partial charge >= 0.3 is 0 Å². The van der Waals surface area contributed by atoms with E-state index in [1.807, 2.05) is 12.1 Å². The zero-order valence-electron chi connectivity index (χ0n) is 12.5. The lowest BCUT2D eigenvalue weighted by Gasteiger charge is -2.33. The largest absolute Gasteiger partial charge is 0.496 e. The van der Waals surface area contributed by atoms with Crippen LogP contribution in [0.25, 0.3) is 0 Å². The Kier molecular flexibility index (Phi) is 5.46. The molecule has 0 aromatic heterocycles. The first-order valence-corrected chi connectivity index (χ1v) is 7.34. The van der Waals surface area contributed by atoms with E-state index in [0.717, 1.165) is 17.9 Å². The molecule has 2 rings (SSSR count). The third-order valence-electron chi connectivity index (χ3n) is 3.93. The van der Waals surface area contributed by atoms with Crippen molar-refractivity contribution in [3.05, 3.63) is 29.3 Å². The summed E-state index contributed by atoms with van der Waals surface area (Å²) < 4.78 is 5.48. The SMILES string of the molecule is COc1ccc(C#CCN)cc1CN1CCCCC1C. The highest BCUT2D eigenvalue weighted by atomic mass is 16.5. The van der Waals surface area contributed by atoms with E-state index >= 15 is 0 Å². The molecule has 1 unspecified atom stereocenters. The third-order valence-corrected chi connectivity index (χ3v) is 3.93. The number of methoxy groups -OCH3 is 1. The lowest BCUT2D eigenvalue weighted by atomic mass is 10.0. The van der Waals surface area contributed by atoms with Crippen molar-refractivity contribution in [2.45, 2.75) is 38.8 Å². The molecule has 0 aliphatic carbocycles. The van der Waals surface area contributed by atoms with Gasteiger partial charge in [-0.25, -0.2) is 0 Å². The van der Waals surface area contributed by atoms with Crippen molar-refractivity contribution in [3.8, 4) is 17.6 Å². The van der Waals surface area contributed by atoms with Crippen LogP contribution in [0.15, 0.2) is 18.2 Å². The van der Waals surface area contributed by atoms with Gasteiger partial charge < -0.3 is 10.5 Å². The Morgan fingerprint density at radius 1 is 1.40 bits per heavy atom. The van der Waals surface area contributed by atoms with Crippen molar-refractivity contribution in [1.29, 1.82) is 0 Å². The molecule has 20 heavy (non-hydrogen) atoms. The minimum absolute atomic E-state index is 0.393. The molecule has 1 aromatic carbocycles. The molecule has 0 bridgehead atoms. The zero-order chi connectivity index (χ0) is 14.4. The van der Waals surface area contributed by atoms with Crippen LogP contribution in [0.2, 0.25) is 0 Å². The zero-order valence-corrected chi connectivity index (χ0v) is 12.5. The van der Waals surface area contributed by atoms with Crippen molar-refractivity contribution in [3.63, 3.8) is 0 Å². The Morgan fingerprint density at radius 2 is 2.25 bits per heavy atom. The van der Waals surface area contributed by atoms with Gasteiger partial charge in [0.25, 0.3) is 0 Å². The number of likely N-dealkylation sites (tertiary alicyclic amines) is 1. The van der Waals surface area contributed by atoms with Crippen molar-refractivity contribution >= 4 is 0 Å². The normalized spacial score (nSPS) is 19.2. The minimum Gasteiger partial charge on any atom is -0.496 e. The summed E-state index contributed by atoms with van der Waals surface area (Å²) in [5, 5.41) is 0. The van der Waals surface area contributed by atoms with Gasteiger partial charge in [-0.1, -0.05) is 18.3 Å². The number of benzene rings is 1. The van der Waals surface area contributed by atoms with E-state index < -0.39 is 0 Å². The molecule has 1 fully saturated rings. The first-order chi connectivity index (χ1) is 9.74. The maximum atomic E-state index is 5.48. The molecule has 0 spiro atoms. The average molecular weight is 272 g/mol. The van der Waals surface area contributed by atoms with Crippen LogP contribution >= 0.6 is 0 Å². The molecule has 3 nitrogen and oxygen atoms in total. The minimum atomic E-state index is 0.393. The summed E-state index contributed by atoms with van der Waals surface area (Å²) in [6.45, 7) is 4.81. The molecule has 0 radical (unpaired) electrons. The Morgan fingerprint density at radius 3 is 2.95 bits per heavy atom. The summed E-state index contributed by atoms with van der Waals surface area (Å²) >= 11 is 0. The number of nitrogens with two attached hydrogens (primary N) is 1. The monoisotopic (exact) mass is 272 g/mol. The van der Waals surface area contributed by atoms with Gasteiger partial charge in [0.15, 0.2) is 0 Å². The highest BCUT2D eigenvalue weighted by molar-refractivity contribution is 5.44.